The van der Waals surface area contributed by atoms with Crippen molar-refractivity contribution >= 4 is 38.6 Å². The summed E-state index contributed by atoms with van der Waals surface area (Å²) in [5.74, 6) is 0.383. The largest absolute Gasteiger partial charge is 0.338 e. The van der Waals surface area contributed by atoms with Gasteiger partial charge in [0.2, 0.25) is 5.91 Å². The minimum atomic E-state index is -0.121. The highest BCUT2D eigenvalue weighted by atomic mass is 79.9. The molecular weight excluding hydrogens is 320 g/mol. The maximum atomic E-state index is 12.0. The molecule has 3 aromatic rings. The SMILES string of the molecule is O=C(Cn1ccc2cc(Br)ccc21)Nc1ccncn1. The number of fused-ring (bicyclic) bond motifs is 1. The molecule has 0 aliphatic carbocycles. The van der Waals surface area contributed by atoms with Crippen molar-refractivity contribution < 1.29 is 4.79 Å². The molecular formula is C14H11BrN4O. The molecule has 0 aliphatic rings. The lowest BCUT2D eigenvalue weighted by molar-refractivity contribution is -0.116. The van der Waals surface area contributed by atoms with Gasteiger partial charge in [0.25, 0.3) is 0 Å². The van der Waals surface area contributed by atoms with Crippen LogP contribution < -0.4 is 5.32 Å². The third-order valence-electron chi connectivity index (χ3n) is 2.90. The molecule has 100 valence electrons. The van der Waals surface area contributed by atoms with E-state index in [0.717, 1.165) is 15.4 Å². The van der Waals surface area contributed by atoms with Crippen LogP contribution >= 0.6 is 15.9 Å². The molecule has 2 heterocycles. The van der Waals surface area contributed by atoms with Gasteiger partial charge in [-0.05, 0) is 30.3 Å². The van der Waals surface area contributed by atoms with Crippen LogP contribution in [0.5, 0.6) is 0 Å². The normalized spacial score (nSPS) is 10.7. The lowest BCUT2D eigenvalue weighted by atomic mass is 10.2. The molecule has 20 heavy (non-hydrogen) atoms. The van der Waals surface area contributed by atoms with Crippen LogP contribution in [0.1, 0.15) is 0 Å². The smallest absolute Gasteiger partial charge is 0.245 e. The van der Waals surface area contributed by atoms with Crippen LogP contribution in [-0.2, 0) is 11.3 Å². The molecule has 6 heteroatoms. The zero-order valence-corrected chi connectivity index (χ0v) is 12.0. The molecule has 0 saturated heterocycles. The summed E-state index contributed by atoms with van der Waals surface area (Å²) in [5, 5.41) is 3.83. The van der Waals surface area contributed by atoms with Gasteiger partial charge in [-0.3, -0.25) is 4.79 Å². The molecule has 0 radical (unpaired) electrons. The van der Waals surface area contributed by atoms with E-state index in [1.165, 1.54) is 6.33 Å². The van der Waals surface area contributed by atoms with Crippen molar-refractivity contribution in [3.8, 4) is 0 Å². The molecule has 0 aliphatic heterocycles. The maximum Gasteiger partial charge on any atom is 0.245 e. The number of aromatic nitrogens is 3. The molecule has 0 fully saturated rings. The fraction of sp³-hybridized carbons (Fsp3) is 0.0714. The van der Waals surface area contributed by atoms with Crippen LogP contribution in [-0.4, -0.2) is 20.4 Å². The molecule has 0 spiro atoms. The van der Waals surface area contributed by atoms with Crippen LogP contribution in [0, 0.1) is 0 Å². The minimum absolute atomic E-state index is 0.121. The van der Waals surface area contributed by atoms with Crippen molar-refractivity contribution in [1.82, 2.24) is 14.5 Å². The highest BCUT2D eigenvalue weighted by Crippen LogP contribution is 2.20. The first-order chi connectivity index (χ1) is 9.72. The molecule has 1 amide bonds. The number of carbonyl (C=O) groups excluding carboxylic acids is 1. The highest BCUT2D eigenvalue weighted by molar-refractivity contribution is 9.10. The van der Waals surface area contributed by atoms with E-state index in [1.54, 1.807) is 12.3 Å². The average molecular weight is 331 g/mol. The molecule has 1 aromatic carbocycles. The number of benzene rings is 1. The Kier molecular flexibility index (Phi) is 3.47. The van der Waals surface area contributed by atoms with Crippen LogP contribution in [0.25, 0.3) is 10.9 Å². The number of nitrogens with zero attached hydrogens (tertiary/aromatic N) is 3. The summed E-state index contributed by atoms with van der Waals surface area (Å²) in [5.41, 5.74) is 1.02. The van der Waals surface area contributed by atoms with Crippen LogP contribution in [0.2, 0.25) is 0 Å². The topological polar surface area (TPSA) is 59.8 Å². The van der Waals surface area contributed by atoms with E-state index in [0.29, 0.717) is 5.82 Å². The zero-order valence-electron chi connectivity index (χ0n) is 10.5. The Hall–Kier alpha value is -2.21. The van der Waals surface area contributed by atoms with Crippen molar-refractivity contribution in [2.45, 2.75) is 6.54 Å². The third kappa shape index (κ3) is 2.70. The zero-order chi connectivity index (χ0) is 13.9. The molecule has 0 bridgehead atoms. The highest BCUT2D eigenvalue weighted by Gasteiger charge is 2.07. The quantitative estimate of drug-likeness (QED) is 0.803. The summed E-state index contributed by atoms with van der Waals surface area (Å²) in [6, 6.07) is 9.60. The molecule has 3 rings (SSSR count). The Labute approximate surface area is 123 Å². The standard InChI is InChI=1S/C14H11BrN4O/c15-11-1-2-12-10(7-11)4-6-19(12)8-14(20)18-13-3-5-16-9-17-13/h1-7,9H,8H2,(H,16,17,18,20). The number of nitrogens with one attached hydrogen (secondary N) is 1. The van der Waals surface area contributed by atoms with Crippen molar-refractivity contribution in [3.05, 3.63) is 53.5 Å². The van der Waals surface area contributed by atoms with Gasteiger partial charge in [0, 0.05) is 27.8 Å². The molecule has 0 atom stereocenters. The van der Waals surface area contributed by atoms with E-state index < -0.39 is 0 Å². The van der Waals surface area contributed by atoms with Gasteiger partial charge >= 0.3 is 0 Å². The summed E-state index contributed by atoms with van der Waals surface area (Å²) in [6.45, 7) is 0.245. The van der Waals surface area contributed by atoms with E-state index in [4.69, 9.17) is 0 Å². The third-order valence-corrected chi connectivity index (χ3v) is 3.39. The fourth-order valence-electron chi connectivity index (χ4n) is 2.01. The summed E-state index contributed by atoms with van der Waals surface area (Å²) in [7, 11) is 0. The lowest BCUT2D eigenvalue weighted by Gasteiger charge is -2.06. The van der Waals surface area contributed by atoms with Gasteiger partial charge in [0.05, 0.1) is 0 Å². The van der Waals surface area contributed by atoms with E-state index in [9.17, 15) is 4.79 Å². The van der Waals surface area contributed by atoms with Crippen LogP contribution in [0.15, 0.2) is 53.5 Å². The predicted molar refractivity (Wildman–Crippen MR) is 80.3 cm³/mol. The summed E-state index contributed by atoms with van der Waals surface area (Å²) >= 11 is 3.43. The Balaban J connectivity index is 1.78. The number of amides is 1. The second kappa shape index (κ2) is 5.42. The Bertz CT molecular complexity index is 754. The van der Waals surface area contributed by atoms with Crippen molar-refractivity contribution in [2.24, 2.45) is 0 Å². The summed E-state index contributed by atoms with van der Waals surface area (Å²) in [6.07, 6.45) is 4.89. The Morgan fingerprint density at radius 3 is 3.00 bits per heavy atom. The molecule has 0 saturated carbocycles. The fourth-order valence-corrected chi connectivity index (χ4v) is 2.39. The molecule has 0 unspecified atom stereocenters. The van der Waals surface area contributed by atoms with Crippen LogP contribution in [0.4, 0.5) is 5.82 Å². The molecule has 1 N–H and O–H groups in total. The Morgan fingerprint density at radius 1 is 1.30 bits per heavy atom. The van der Waals surface area contributed by atoms with Crippen molar-refractivity contribution in [2.75, 3.05) is 5.32 Å². The van der Waals surface area contributed by atoms with Gasteiger partial charge in [-0.1, -0.05) is 15.9 Å². The molecule has 5 nitrogen and oxygen atoms in total. The maximum absolute atomic E-state index is 12.0. The van der Waals surface area contributed by atoms with Gasteiger partial charge in [-0.2, -0.15) is 0 Å². The monoisotopic (exact) mass is 330 g/mol. The van der Waals surface area contributed by atoms with E-state index in [1.807, 2.05) is 35.0 Å². The second-order valence-corrected chi connectivity index (χ2v) is 5.21. The van der Waals surface area contributed by atoms with E-state index >= 15 is 0 Å². The second-order valence-electron chi connectivity index (χ2n) is 4.29. The van der Waals surface area contributed by atoms with Crippen LogP contribution in [0.3, 0.4) is 0 Å². The van der Waals surface area contributed by atoms with Gasteiger partial charge in [-0.25, -0.2) is 9.97 Å². The molecule has 2 aromatic heterocycles. The van der Waals surface area contributed by atoms with Gasteiger partial charge < -0.3 is 9.88 Å². The predicted octanol–water partition coefficient (Wildman–Crippen LogP) is 2.83. The number of hydrogen-bond acceptors (Lipinski definition) is 3. The lowest BCUT2D eigenvalue weighted by Crippen LogP contribution is -2.18. The number of rotatable bonds is 3. The minimum Gasteiger partial charge on any atom is -0.338 e. The summed E-state index contributed by atoms with van der Waals surface area (Å²) < 4.78 is 2.92. The number of halogens is 1. The van der Waals surface area contributed by atoms with E-state index in [-0.39, 0.29) is 12.5 Å². The number of carbonyl (C=O) groups is 1. The van der Waals surface area contributed by atoms with Gasteiger partial charge in [0.1, 0.15) is 18.7 Å². The van der Waals surface area contributed by atoms with Crippen molar-refractivity contribution in [3.63, 3.8) is 0 Å². The van der Waals surface area contributed by atoms with Crippen molar-refractivity contribution in [1.29, 1.82) is 0 Å². The average Bonchev–Trinajstić information content (AvgIpc) is 2.82. The first kappa shape index (κ1) is 12.8. The summed E-state index contributed by atoms with van der Waals surface area (Å²) in [4.78, 5) is 19.8. The first-order valence-electron chi connectivity index (χ1n) is 6.02. The first-order valence-corrected chi connectivity index (χ1v) is 6.82. The van der Waals surface area contributed by atoms with E-state index in [2.05, 4.69) is 31.2 Å². The number of hydrogen-bond donors (Lipinski definition) is 1. The van der Waals surface area contributed by atoms with Gasteiger partial charge in [-0.15, -0.1) is 0 Å². The van der Waals surface area contributed by atoms with Gasteiger partial charge in [0.15, 0.2) is 0 Å². The number of anilines is 1. The Morgan fingerprint density at radius 2 is 2.20 bits per heavy atom.